The van der Waals surface area contributed by atoms with Crippen molar-refractivity contribution >= 4 is 33.4 Å². The summed E-state index contributed by atoms with van der Waals surface area (Å²) in [5.74, 6) is 0.781. The molecule has 0 aliphatic carbocycles. The quantitative estimate of drug-likeness (QED) is 0.271. The van der Waals surface area contributed by atoms with E-state index in [1.54, 1.807) is 4.40 Å². The maximum atomic E-state index is 13.4. The molecule has 7 rings (SSSR count). The van der Waals surface area contributed by atoms with Crippen LogP contribution in [0.2, 0.25) is 0 Å². The molecule has 7 heteroatoms. The second-order valence-electron chi connectivity index (χ2n) is 9.15. The van der Waals surface area contributed by atoms with E-state index in [0.717, 1.165) is 44.9 Å². The molecule has 0 aliphatic heterocycles. The van der Waals surface area contributed by atoms with E-state index in [-0.39, 0.29) is 5.56 Å². The predicted molar refractivity (Wildman–Crippen MR) is 155 cm³/mol. The van der Waals surface area contributed by atoms with Crippen LogP contribution in [0.25, 0.3) is 39.0 Å². The Morgan fingerprint density at radius 2 is 1.54 bits per heavy atom. The minimum atomic E-state index is -0.0771. The number of benzene rings is 4. The lowest BCUT2D eigenvalue weighted by Gasteiger charge is -2.07. The zero-order valence-electron chi connectivity index (χ0n) is 20.8. The summed E-state index contributed by atoms with van der Waals surface area (Å²) in [7, 11) is 0. The number of para-hydroxylation sites is 3. The fraction of sp³-hybridized carbons (Fsp3) is 0.0312. The van der Waals surface area contributed by atoms with Gasteiger partial charge in [0.1, 0.15) is 18.1 Å². The molecule has 0 amide bonds. The van der Waals surface area contributed by atoms with Gasteiger partial charge in [-0.2, -0.15) is 5.10 Å². The van der Waals surface area contributed by atoms with E-state index in [0.29, 0.717) is 16.1 Å². The fourth-order valence-corrected chi connectivity index (χ4v) is 5.61. The second kappa shape index (κ2) is 9.70. The summed E-state index contributed by atoms with van der Waals surface area (Å²) in [5.41, 5.74) is 6.18. The summed E-state index contributed by atoms with van der Waals surface area (Å²) in [6, 6.07) is 35.6. The van der Waals surface area contributed by atoms with Gasteiger partial charge in [0, 0.05) is 17.3 Å². The highest BCUT2D eigenvalue weighted by atomic mass is 32.1. The summed E-state index contributed by atoms with van der Waals surface area (Å²) in [6.45, 7) is 0.503. The predicted octanol–water partition coefficient (Wildman–Crippen LogP) is 5.89. The van der Waals surface area contributed by atoms with Crippen molar-refractivity contribution in [3.8, 4) is 22.7 Å². The number of rotatable bonds is 6. The molecule has 0 unspecified atom stereocenters. The van der Waals surface area contributed by atoms with Gasteiger partial charge < -0.3 is 4.74 Å². The van der Waals surface area contributed by atoms with Crippen LogP contribution in [-0.2, 0) is 6.61 Å². The van der Waals surface area contributed by atoms with Crippen LogP contribution in [0.15, 0.2) is 120 Å². The lowest BCUT2D eigenvalue weighted by Crippen LogP contribution is -2.22. The number of ether oxygens (including phenoxy) is 1. The van der Waals surface area contributed by atoms with Gasteiger partial charge in [-0.3, -0.25) is 4.79 Å². The first-order valence-electron chi connectivity index (χ1n) is 12.6. The third-order valence-electron chi connectivity index (χ3n) is 6.57. The Morgan fingerprint density at radius 1 is 0.821 bits per heavy atom. The number of fused-ring (bicyclic) bond motifs is 3. The van der Waals surface area contributed by atoms with E-state index in [4.69, 9.17) is 9.84 Å². The van der Waals surface area contributed by atoms with E-state index in [9.17, 15) is 4.79 Å². The Labute approximate surface area is 227 Å². The molecule has 3 heterocycles. The number of nitrogens with zero attached hydrogens (tertiary/aromatic N) is 4. The van der Waals surface area contributed by atoms with Gasteiger partial charge in [-0.25, -0.2) is 14.1 Å². The maximum Gasteiger partial charge on any atom is 0.274 e. The second-order valence-corrected chi connectivity index (χ2v) is 10.2. The molecule has 0 atom stereocenters. The van der Waals surface area contributed by atoms with Crippen LogP contribution in [0.3, 0.4) is 0 Å². The number of hydrogen-bond donors (Lipinski definition) is 0. The Bertz CT molecular complexity index is 2030. The Balaban J connectivity index is 1.29. The van der Waals surface area contributed by atoms with Crippen molar-refractivity contribution in [2.24, 2.45) is 0 Å². The average molecular weight is 527 g/mol. The van der Waals surface area contributed by atoms with Crippen LogP contribution < -0.4 is 14.8 Å². The van der Waals surface area contributed by atoms with Crippen LogP contribution in [-0.4, -0.2) is 19.2 Å². The first-order valence-corrected chi connectivity index (χ1v) is 13.4. The van der Waals surface area contributed by atoms with Crippen LogP contribution in [0.5, 0.6) is 5.75 Å². The van der Waals surface area contributed by atoms with Gasteiger partial charge in [-0.15, -0.1) is 0 Å². The molecule has 0 N–H and O–H groups in total. The van der Waals surface area contributed by atoms with Gasteiger partial charge >= 0.3 is 0 Å². The van der Waals surface area contributed by atoms with E-state index < -0.39 is 0 Å². The largest absolute Gasteiger partial charge is 0.489 e. The number of hydrogen-bond acceptors (Lipinski definition) is 5. The van der Waals surface area contributed by atoms with Crippen molar-refractivity contribution in [3.63, 3.8) is 0 Å². The molecule has 0 saturated heterocycles. The van der Waals surface area contributed by atoms with Gasteiger partial charge in [-0.05, 0) is 60.2 Å². The SMILES string of the molecule is O=c1/c(=C\c2cn(-c3ccccc3)nc2-c2ccc(OCc3ccccc3)cc2)sc2nc3ccccc3n12. The van der Waals surface area contributed by atoms with Crippen molar-refractivity contribution in [1.82, 2.24) is 19.2 Å². The molecule has 4 aromatic carbocycles. The Kier molecular flexibility index (Phi) is 5.75. The molecule has 0 radical (unpaired) electrons. The molecular formula is C32H22N4O2S. The molecule has 0 fully saturated rings. The molecule has 3 aromatic heterocycles. The summed E-state index contributed by atoms with van der Waals surface area (Å²) in [4.78, 5) is 18.8. The third kappa shape index (κ3) is 4.39. The van der Waals surface area contributed by atoms with Crippen molar-refractivity contribution < 1.29 is 4.74 Å². The zero-order chi connectivity index (χ0) is 26.2. The topological polar surface area (TPSA) is 61.4 Å². The Morgan fingerprint density at radius 3 is 2.33 bits per heavy atom. The summed E-state index contributed by atoms with van der Waals surface area (Å²) in [6.07, 6.45) is 3.88. The van der Waals surface area contributed by atoms with Crippen molar-refractivity contribution in [3.05, 3.63) is 141 Å². The van der Waals surface area contributed by atoms with Crippen LogP contribution in [0.1, 0.15) is 11.1 Å². The molecular weight excluding hydrogens is 504 g/mol. The van der Waals surface area contributed by atoms with Crippen molar-refractivity contribution in [2.45, 2.75) is 6.61 Å². The van der Waals surface area contributed by atoms with E-state index in [2.05, 4.69) is 4.98 Å². The van der Waals surface area contributed by atoms with Crippen LogP contribution in [0, 0.1) is 0 Å². The number of imidazole rings is 1. The Hall–Kier alpha value is -5.01. The van der Waals surface area contributed by atoms with Crippen molar-refractivity contribution in [1.29, 1.82) is 0 Å². The highest BCUT2D eigenvalue weighted by Gasteiger charge is 2.14. The van der Waals surface area contributed by atoms with Crippen LogP contribution >= 0.6 is 11.3 Å². The minimum absolute atomic E-state index is 0.0771. The maximum absolute atomic E-state index is 13.4. The van der Waals surface area contributed by atoms with Gasteiger partial charge in [0.25, 0.3) is 5.56 Å². The third-order valence-corrected chi connectivity index (χ3v) is 7.54. The van der Waals surface area contributed by atoms with E-state index in [1.807, 2.05) is 126 Å². The minimum Gasteiger partial charge on any atom is -0.489 e. The van der Waals surface area contributed by atoms with Gasteiger partial charge in [0.15, 0.2) is 4.96 Å². The fourth-order valence-electron chi connectivity index (χ4n) is 4.63. The first-order chi connectivity index (χ1) is 19.2. The smallest absolute Gasteiger partial charge is 0.274 e. The molecule has 0 aliphatic rings. The van der Waals surface area contributed by atoms with Crippen molar-refractivity contribution in [2.75, 3.05) is 0 Å². The zero-order valence-corrected chi connectivity index (χ0v) is 21.6. The standard InChI is InChI=1S/C32H22N4O2S/c37-31-29(39-32-33-27-13-7-8-14-28(27)36(31)32)19-24-20-35(25-11-5-2-6-12-25)34-30(24)23-15-17-26(18-16-23)38-21-22-9-3-1-4-10-22/h1-20H,21H2/b29-19+. The van der Waals surface area contributed by atoms with Gasteiger partial charge in [0.05, 0.1) is 21.3 Å². The summed E-state index contributed by atoms with van der Waals surface area (Å²) in [5, 5.41) is 4.92. The molecule has 6 nitrogen and oxygen atoms in total. The van der Waals surface area contributed by atoms with E-state index in [1.165, 1.54) is 11.3 Å². The summed E-state index contributed by atoms with van der Waals surface area (Å²) < 4.78 is 10.1. The highest BCUT2D eigenvalue weighted by Crippen LogP contribution is 2.27. The molecule has 0 spiro atoms. The number of thiazole rings is 1. The van der Waals surface area contributed by atoms with Gasteiger partial charge in [0.2, 0.25) is 0 Å². The molecule has 188 valence electrons. The molecule has 0 saturated carbocycles. The molecule has 0 bridgehead atoms. The lowest BCUT2D eigenvalue weighted by atomic mass is 10.1. The normalized spacial score (nSPS) is 11.9. The molecule has 7 aromatic rings. The van der Waals surface area contributed by atoms with Crippen LogP contribution in [0.4, 0.5) is 0 Å². The number of aromatic nitrogens is 4. The van der Waals surface area contributed by atoms with E-state index >= 15 is 0 Å². The summed E-state index contributed by atoms with van der Waals surface area (Å²) >= 11 is 1.39. The first kappa shape index (κ1) is 23.1. The average Bonchev–Trinajstić information content (AvgIpc) is 3.66. The lowest BCUT2D eigenvalue weighted by molar-refractivity contribution is 0.306. The van der Waals surface area contributed by atoms with Gasteiger partial charge in [-0.1, -0.05) is 72.0 Å². The monoisotopic (exact) mass is 526 g/mol. The highest BCUT2D eigenvalue weighted by molar-refractivity contribution is 7.15. The molecule has 39 heavy (non-hydrogen) atoms.